The summed E-state index contributed by atoms with van der Waals surface area (Å²) in [7, 11) is 0. The fourth-order valence-corrected chi connectivity index (χ4v) is 1.60. The predicted molar refractivity (Wildman–Crippen MR) is 51.7 cm³/mol. The van der Waals surface area contributed by atoms with E-state index in [1.807, 2.05) is 0 Å². The van der Waals surface area contributed by atoms with Crippen LogP contribution in [0.4, 0.5) is 8.78 Å². The first-order valence-corrected chi connectivity index (χ1v) is 5.03. The van der Waals surface area contributed by atoms with Crippen molar-refractivity contribution in [3.63, 3.8) is 0 Å². The van der Waals surface area contributed by atoms with Crippen LogP contribution in [0.15, 0.2) is 0 Å². The second-order valence-electron chi connectivity index (χ2n) is 4.80. The van der Waals surface area contributed by atoms with Gasteiger partial charge in [0.2, 0.25) is 6.43 Å². The van der Waals surface area contributed by atoms with Gasteiger partial charge in [-0.1, -0.05) is 0 Å². The molecule has 0 spiro atoms. The van der Waals surface area contributed by atoms with Crippen molar-refractivity contribution >= 4 is 5.97 Å². The summed E-state index contributed by atoms with van der Waals surface area (Å²) in [6, 6.07) is 0. The first-order chi connectivity index (χ1) is 6.81. The maximum atomic E-state index is 12.5. The van der Waals surface area contributed by atoms with E-state index in [1.54, 1.807) is 20.8 Å². The Balaban J connectivity index is 2.59. The third-order valence-electron chi connectivity index (χ3n) is 2.29. The van der Waals surface area contributed by atoms with Crippen molar-refractivity contribution in [1.82, 2.24) is 5.32 Å². The van der Waals surface area contributed by atoms with E-state index in [4.69, 9.17) is 4.74 Å². The highest BCUT2D eigenvalue weighted by molar-refractivity contribution is 5.74. The van der Waals surface area contributed by atoms with Crippen LogP contribution < -0.4 is 5.32 Å². The van der Waals surface area contributed by atoms with Crippen LogP contribution in [0.25, 0.3) is 0 Å². The van der Waals surface area contributed by atoms with Crippen molar-refractivity contribution in [1.29, 1.82) is 0 Å². The lowest BCUT2D eigenvalue weighted by Gasteiger charge is -2.24. The molecule has 3 nitrogen and oxygen atoms in total. The van der Waals surface area contributed by atoms with Crippen LogP contribution in [0.1, 0.15) is 20.8 Å². The van der Waals surface area contributed by atoms with Gasteiger partial charge in [-0.15, -0.1) is 0 Å². The van der Waals surface area contributed by atoms with Crippen LogP contribution >= 0.6 is 0 Å². The third kappa shape index (κ3) is 3.41. The number of hydrogen-bond donors (Lipinski definition) is 1. The zero-order valence-corrected chi connectivity index (χ0v) is 9.22. The maximum absolute atomic E-state index is 12.5. The van der Waals surface area contributed by atoms with Crippen molar-refractivity contribution in [3.05, 3.63) is 0 Å². The summed E-state index contributed by atoms with van der Waals surface area (Å²) in [6.45, 7) is 5.64. The average Bonchev–Trinajstić information content (AvgIpc) is 2.47. The van der Waals surface area contributed by atoms with Gasteiger partial charge in [0.15, 0.2) is 0 Å². The molecule has 1 aliphatic rings. The standard InChI is InChI=1S/C10H17F2NO2/c1-10(2,3)15-9(14)7-5-13-4-6(7)8(11)12/h6-8,13H,4-5H2,1-3H3/t6-,7-/m0/s1. The number of esters is 1. The second-order valence-corrected chi connectivity index (χ2v) is 4.80. The molecule has 1 N–H and O–H groups in total. The largest absolute Gasteiger partial charge is 0.460 e. The van der Waals surface area contributed by atoms with Crippen molar-refractivity contribution in [2.75, 3.05) is 13.1 Å². The summed E-state index contributed by atoms with van der Waals surface area (Å²) >= 11 is 0. The molecule has 88 valence electrons. The molecular weight excluding hydrogens is 204 g/mol. The molecule has 1 saturated heterocycles. The second kappa shape index (κ2) is 4.43. The van der Waals surface area contributed by atoms with Gasteiger partial charge in [0.1, 0.15) is 5.60 Å². The van der Waals surface area contributed by atoms with Crippen molar-refractivity contribution < 1.29 is 18.3 Å². The summed E-state index contributed by atoms with van der Waals surface area (Å²) < 4.78 is 30.2. The van der Waals surface area contributed by atoms with E-state index in [-0.39, 0.29) is 13.1 Å². The SMILES string of the molecule is CC(C)(C)OC(=O)[C@H]1CNC[C@@H]1C(F)F. The predicted octanol–water partition coefficient (Wildman–Crippen LogP) is 1.43. The highest BCUT2D eigenvalue weighted by atomic mass is 19.3. The molecule has 0 aromatic rings. The fraction of sp³-hybridized carbons (Fsp3) is 0.900. The Morgan fingerprint density at radius 3 is 2.47 bits per heavy atom. The summed E-state index contributed by atoms with van der Waals surface area (Å²) in [5.41, 5.74) is -0.619. The van der Waals surface area contributed by atoms with Gasteiger partial charge in [0.05, 0.1) is 5.92 Å². The van der Waals surface area contributed by atoms with Crippen LogP contribution in [0.2, 0.25) is 0 Å². The molecule has 1 fully saturated rings. The number of ether oxygens (including phenoxy) is 1. The molecule has 1 rings (SSSR count). The van der Waals surface area contributed by atoms with Crippen LogP contribution in [-0.4, -0.2) is 31.1 Å². The van der Waals surface area contributed by atoms with E-state index in [2.05, 4.69) is 5.32 Å². The molecule has 0 radical (unpaired) electrons. The Hall–Kier alpha value is -0.710. The van der Waals surface area contributed by atoms with Gasteiger partial charge in [-0.25, -0.2) is 8.78 Å². The molecule has 1 aliphatic heterocycles. The van der Waals surface area contributed by atoms with Gasteiger partial charge >= 0.3 is 5.97 Å². The molecule has 0 amide bonds. The number of halogens is 2. The monoisotopic (exact) mass is 221 g/mol. The minimum absolute atomic E-state index is 0.182. The Labute approximate surface area is 88.2 Å². The average molecular weight is 221 g/mol. The lowest BCUT2D eigenvalue weighted by atomic mass is 9.96. The van der Waals surface area contributed by atoms with Crippen LogP contribution in [-0.2, 0) is 9.53 Å². The molecule has 0 aromatic carbocycles. The van der Waals surface area contributed by atoms with Crippen LogP contribution in [0.5, 0.6) is 0 Å². The minimum Gasteiger partial charge on any atom is -0.460 e. The summed E-state index contributed by atoms with van der Waals surface area (Å²) in [6.07, 6.45) is -2.47. The minimum atomic E-state index is -2.47. The fourth-order valence-electron chi connectivity index (χ4n) is 1.60. The molecule has 1 heterocycles. The molecule has 0 aliphatic carbocycles. The lowest BCUT2D eigenvalue weighted by Crippen LogP contribution is -2.34. The van der Waals surface area contributed by atoms with Gasteiger partial charge in [-0.05, 0) is 20.8 Å². The van der Waals surface area contributed by atoms with Crippen molar-refractivity contribution in [2.45, 2.75) is 32.8 Å². The summed E-state index contributed by atoms with van der Waals surface area (Å²) in [4.78, 5) is 11.6. The zero-order chi connectivity index (χ0) is 11.6. The topological polar surface area (TPSA) is 38.3 Å². The molecule has 0 unspecified atom stereocenters. The quantitative estimate of drug-likeness (QED) is 0.717. The summed E-state index contributed by atoms with van der Waals surface area (Å²) in [5, 5.41) is 2.79. The maximum Gasteiger partial charge on any atom is 0.311 e. The van der Waals surface area contributed by atoms with E-state index in [0.717, 1.165) is 0 Å². The zero-order valence-electron chi connectivity index (χ0n) is 9.22. The smallest absolute Gasteiger partial charge is 0.311 e. The van der Waals surface area contributed by atoms with Gasteiger partial charge < -0.3 is 10.1 Å². The van der Waals surface area contributed by atoms with E-state index in [0.29, 0.717) is 0 Å². The number of alkyl halides is 2. The van der Waals surface area contributed by atoms with Crippen molar-refractivity contribution in [2.24, 2.45) is 11.8 Å². The summed E-state index contributed by atoms with van der Waals surface area (Å²) in [5.74, 6) is -2.16. The van der Waals surface area contributed by atoms with E-state index in [1.165, 1.54) is 0 Å². The molecule has 0 aromatic heterocycles. The Morgan fingerprint density at radius 2 is 2.00 bits per heavy atom. The number of carbonyl (C=O) groups is 1. The van der Waals surface area contributed by atoms with Crippen LogP contribution in [0, 0.1) is 11.8 Å². The Kier molecular flexibility index (Phi) is 3.65. The molecule has 0 bridgehead atoms. The number of hydrogen-bond acceptors (Lipinski definition) is 3. The normalized spacial score (nSPS) is 27.1. The first kappa shape index (κ1) is 12.4. The van der Waals surface area contributed by atoms with Gasteiger partial charge in [0, 0.05) is 19.0 Å². The molecule has 0 saturated carbocycles. The van der Waals surface area contributed by atoms with E-state index in [9.17, 15) is 13.6 Å². The van der Waals surface area contributed by atoms with Gasteiger partial charge in [0.25, 0.3) is 0 Å². The molecule has 2 atom stereocenters. The molecule has 5 heteroatoms. The van der Waals surface area contributed by atoms with E-state index >= 15 is 0 Å². The third-order valence-corrected chi connectivity index (χ3v) is 2.29. The highest BCUT2D eigenvalue weighted by Gasteiger charge is 2.40. The first-order valence-electron chi connectivity index (χ1n) is 5.03. The number of rotatable bonds is 2. The lowest BCUT2D eigenvalue weighted by molar-refractivity contribution is -0.162. The number of carbonyl (C=O) groups excluding carboxylic acids is 1. The van der Waals surface area contributed by atoms with Crippen molar-refractivity contribution in [3.8, 4) is 0 Å². The Morgan fingerprint density at radius 1 is 1.40 bits per heavy atom. The molecule has 15 heavy (non-hydrogen) atoms. The van der Waals surface area contributed by atoms with E-state index < -0.39 is 29.8 Å². The van der Waals surface area contributed by atoms with Gasteiger partial charge in [-0.2, -0.15) is 0 Å². The number of nitrogens with one attached hydrogen (secondary N) is 1. The molecular formula is C10H17F2NO2. The van der Waals surface area contributed by atoms with Gasteiger partial charge in [-0.3, -0.25) is 4.79 Å². The Bertz CT molecular complexity index is 238. The highest BCUT2D eigenvalue weighted by Crippen LogP contribution is 2.26. The van der Waals surface area contributed by atoms with Crippen LogP contribution in [0.3, 0.4) is 0 Å².